The number of aromatic nitrogens is 3. The number of amides is 1. The van der Waals surface area contributed by atoms with Crippen molar-refractivity contribution in [3.05, 3.63) is 34.7 Å². The third kappa shape index (κ3) is 2.43. The first kappa shape index (κ1) is 15.4. The number of carbonyl (C=O) groups is 1. The minimum atomic E-state index is -0.571. The first-order chi connectivity index (χ1) is 11.5. The van der Waals surface area contributed by atoms with Gasteiger partial charge in [0.05, 0.1) is 11.7 Å². The van der Waals surface area contributed by atoms with Crippen LogP contribution in [0.2, 0.25) is 0 Å². The zero-order valence-electron chi connectivity index (χ0n) is 14.2. The number of likely N-dealkylation sites (tertiary alicyclic amines) is 1. The van der Waals surface area contributed by atoms with Gasteiger partial charge in [-0.3, -0.25) is 4.79 Å². The van der Waals surface area contributed by atoms with Crippen LogP contribution in [0.25, 0.3) is 0 Å². The molecule has 1 saturated heterocycles. The third-order valence-electron chi connectivity index (χ3n) is 4.99. The molecule has 1 aliphatic heterocycles. The molecular weight excluding hydrogens is 308 g/mol. The van der Waals surface area contributed by atoms with Crippen molar-refractivity contribution in [2.45, 2.75) is 58.2 Å². The topological polar surface area (TPSA) is 84.4 Å². The molecule has 3 heterocycles. The number of carbonyl (C=O) groups excluding carboxylic acids is 1. The van der Waals surface area contributed by atoms with E-state index in [-0.39, 0.29) is 18.5 Å². The Morgan fingerprint density at radius 1 is 1.33 bits per heavy atom. The van der Waals surface area contributed by atoms with Crippen LogP contribution in [0.15, 0.2) is 10.6 Å². The molecule has 2 fully saturated rings. The lowest BCUT2D eigenvalue weighted by molar-refractivity contribution is 0.0692. The Morgan fingerprint density at radius 3 is 2.71 bits per heavy atom. The molecule has 0 bridgehead atoms. The van der Waals surface area contributed by atoms with E-state index in [0.29, 0.717) is 29.7 Å². The van der Waals surface area contributed by atoms with Crippen molar-refractivity contribution in [1.82, 2.24) is 19.6 Å². The molecule has 7 nitrogen and oxygen atoms in total. The smallest absolute Gasteiger partial charge is 0.256 e. The Labute approximate surface area is 140 Å². The summed E-state index contributed by atoms with van der Waals surface area (Å²) in [5.74, 6) is 0.853. The minimum Gasteiger partial charge on any atom is -0.391 e. The van der Waals surface area contributed by atoms with E-state index in [0.717, 1.165) is 11.4 Å². The van der Waals surface area contributed by atoms with E-state index >= 15 is 0 Å². The Bertz CT molecular complexity index is 790. The predicted molar refractivity (Wildman–Crippen MR) is 85.6 cm³/mol. The van der Waals surface area contributed by atoms with E-state index < -0.39 is 6.10 Å². The number of nitrogens with zero attached hydrogens (tertiary/aromatic N) is 4. The predicted octanol–water partition coefficient (Wildman–Crippen LogP) is 2.08. The molecule has 2 atom stereocenters. The highest BCUT2D eigenvalue weighted by molar-refractivity contribution is 5.96. The molecule has 0 spiro atoms. The number of hydrogen-bond acceptors (Lipinski definition) is 5. The van der Waals surface area contributed by atoms with Gasteiger partial charge in [0, 0.05) is 30.4 Å². The highest BCUT2D eigenvalue weighted by atomic mass is 16.5. The van der Waals surface area contributed by atoms with Gasteiger partial charge in [0.2, 0.25) is 5.89 Å². The zero-order valence-corrected chi connectivity index (χ0v) is 14.2. The molecule has 7 heteroatoms. The van der Waals surface area contributed by atoms with Gasteiger partial charge in [-0.1, -0.05) is 5.16 Å². The summed E-state index contributed by atoms with van der Waals surface area (Å²) in [7, 11) is 0. The van der Waals surface area contributed by atoms with Gasteiger partial charge >= 0.3 is 0 Å². The molecule has 1 N–H and O–H groups in total. The van der Waals surface area contributed by atoms with Crippen molar-refractivity contribution in [2.75, 3.05) is 6.54 Å². The molecule has 1 amide bonds. The van der Waals surface area contributed by atoms with E-state index in [1.54, 1.807) is 11.8 Å². The molecule has 2 aliphatic rings. The zero-order chi connectivity index (χ0) is 17.0. The maximum Gasteiger partial charge on any atom is 0.256 e. The van der Waals surface area contributed by atoms with E-state index in [1.807, 2.05) is 19.9 Å². The van der Waals surface area contributed by atoms with E-state index in [1.165, 1.54) is 12.8 Å². The molecule has 0 aromatic carbocycles. The molecule has 0 unspecified atom stereocenters. The van der Waals surface area contributed by atoms with Crippen LogP contribution < -0.4 is 0 Å². The molecule has 24 heavy (non-hydrogen) atoms. The summed E-state index contributed by atoms with van der Waals surface area (Å²) >= 11 is 0. The highest BCUT2D eigenvalue weighted by Crippen LogP contribution is 2.39. The normalized spacial score (nSPS) is 23.9. The Kier molecular flexibility index (Phi) is 3.49. The van der Waals surface area contributed by atoms with Crippen LogP contribution in [0.1, 0.15) is 64.8 Å². The number of aliphatic hydroxyl groups excluding tert-OH is 1. The molecule has 0 radical (unpaired) electrons. The summed E-state index contributed by atoms with van der Waals surface area (Å²) in [6, 6.07) is 2.12. The maximum atomic E-state index is 13.1. The fraction of sp³-hybridized carbons (Fsp3) is 0.588. The summed E-state index contributed by atoms with van der Waals surface area (Å²) in [5, 5.41) is 13.9. The van der Waals surface area contributed by atoms with Crippen LogP contribution in [0.5, 0.6) is 0 Å². The van der Waals surface area contributed by atoms with Gasteiger partial charge in [0.15, 0.2) is 5.82 Å². The fourth-order valence-electron chi connectivity index (χ4n) is 3.76. The monoisotopic (exact) mass is 330 g/mol. The molecule has 1 aliphatic carbocycles. The fourth-order valence-corrected chi connectivity index (χ4v) is 3.76. The van der Waals surface area contributed by atoms with Crippen LogP contribution in [0.4, 0.5) is 0 Å². The summed E-state index contributed by atoms with van der Waals surface area (Å²) in [5.41, 5.74) is 2.82. The van der Waals surface area contributed by atoms with Gasteiger partial charge in [-0.25, -0.2) is 0 Å². The van der Waals surface area contributed by atoms with Crippen molar-refractivity contribution < 1.29 is 14.4 Å². The first-order valence-electron chi connectivity index (χ1n) is 8.43. The summed E-state index contributed by atoms with van der Waals surface area (Å²) < 4.78 is 7.50. The number of hydrogen-bond donors (Lipinski definition) is 1. The summed E-state index contributed by atoms with van der Waals surface area (Å²) in [6.45, 7) is 6.07. The van der Waals surface area contributed by atoms with E-state index in [4.69, 9.17) is 4.52 Å². The van der Waals surface area contributed by atoms with Gasteiger partial charge in [-0.2, -0.15) is 4.98 Å². The largest absolute Gasteiger partial charge is 0.391 e. The van der Waals surface area contributed by atoms with Gasteiger partial charge in [0.25, 0.3) is 5.91 Å². The number of β-amino-alcohol motifs (C(OH)–C–C–N with tert-alkyl or cyclic N) is 1. The summed E-state index contributed by atoms with van der Waals surface area (Å²) in [4.78, 5) is 19.0. The van der Waals surface area contributed by atoms with E-state index in [9.17, 15) is 9.90 Å². The number of aliphatic hydroxyl groups is 1. The lowest BCUT2D eigenvalue weighted by atomic mass is 10.1. The third-order valence-corrected chi connectivity index (χ3v) is 4.99. The Hall–Kier alpha value is -2.15. The molecule has 4 rings (SSSR count). The van der Waals surface area contributed by atoms with Gasteiger partial charge in [-0.05, 0) is 39.7 Å². The minimum absolute atomic E-state index is 0.0765. The highest BCUT2D eigenvalue weighted by Gasteiger charge is 2.40. The summed E-state index contributed by atoms with van der Waals surface area (Å²) in [6.07, 6.45) is 2.21. The van der Waals surface area contributed by atoms with Gasteiger partial charge < -0.3 is 19.1 Å². The quantitative estimate of drug-likeness (QED) is 0.931. The van der Waals surface area contributed by atoms with Crippen LogP contribution in [0.3, 0.4) is 0 Å². The molecule has 2 aromatic heterocycles. The van der Waals surface area contributed by atoms with Crippen molar-refractivity contribution in [3.63, 3.8) is 0 Å². The maximum absolute atomic E-state index is 13.1. The molecular formula is C17H22N4O3. The van der Waals surface area contributed by atoms with Gasteiger partial charge in [0.1, 0.15) is 6.04 Å². The second-order valence-electron chi connectivity index (χ2n) is 6.93. The van der Waals surface area contributed by atoms with Crippen molar-refractivity contribution in [1.29, 1.82) is 0 Å². The number of rotatable bonds is 3. The molecule has 128 valence electrons. The Balaban J connectivity index is 1.66. The van der Waals surface area contributed by atoms with E-state index in [2.05, 4.69) is 14.7 Å². The Morgan fingerprint density at radius 2 is 2.08 bits per heavy atom. The lowest BCUT2D eigenvalue weighted by Gasteiger charge is -2.21. The average molecular weight is 330 g/mol. The van der Waals surface area contributed by atoms with Gasteiger partial charge in [-0.15, -0.1) is 0 Å². The molecule has 1 saturated carbocycles. The SMILES string of the molecule is Cc1noc([C@H]2C[C@@H](O)CN2C(=O)c2cc(C)n(C3CC3)c2C)n1. The lowest BCUT2D eigenvalue weighted by Crippen LogP contribution is -2.32. The van der Waals surface area contributed by atoms with Crippen LogP contribution >= 0.6 is 0 Å². The second-order valence-corrected chi connectivity index (χ2v) is 6.93. The van der Waals surface area contributed by atoms with Crippen LogP contribution in [0, 0.1) is 20.8 Å². The van der Waals surface area contributed by atoms with Crippen LogP contribution in [-0.2, 0) is 0 Å². The van der Waals surface area contributed by atoms with Crippen LogP contribution in [-0.4, -0.2) is 43.3 Å². The first-order valence-corrected chi connectivity index (χ1v) is 8.43. The van der Waals surface area contributed by atoms with Crippen molar-refractivity contribution >= 4 is 5.91 Å². The van der Waals surface area contributed by atoms with Crippen molar-refractivity contribution in [3.8, 4) is 0 Å². The standard InChI is InChI=1S/C17H22N4O3/c1-9-6-14(10(2)21(9)12-4-5-12)17(23)20-8-13(22)7-15(20)16-18-11(3)19-24-16/h6,12-13,15,22H,4-5,7-8H2,1-3H3/t13-,15-/m1/s1. The molecule has 2 aromatic rings. The average Bonchev–Trinajstić information content (AvgIpc) is 3.02. The number of aryl methyl sites for hydroxylation is 2. The van der Waals surface area contributed by atoms with Crippen molar-refractivity contribution in [2.24, 2.45) is 0 Å². The second kappa shape index (κ2) is 5.44.